The summed E-state index contributed by atoms with van der Waals surface area (Å²) in [6.45, 7) is 3.92. The lowest BCUT2D eigenvalue weighted by molar-refractivity contribution is -0.141. The van der Waals surface area contributed by atoms with Gasteiger partial charge in [0.25, 0.3) is 0 Å². The highest BCUT2D eigenvalue weighted by Gasteiger charge is 2.12. The van der Waals surface area contributed by atoms with Gasteiger partial charge in [0.2, 0.25) is 0 Å². The van der Waals surface area contributed by atoms with Crippen molar-refractivity contribution in [2.45, 2.75) is 33.1 Å². The second-order valence-electron chi connectivity index (χ2n) is 4.75. The minimum Gasteiger partial charge on any atom is -0.481 e. The van der Waals surface area contributed by atoms with Gasteiger partial charge in [0.05, 0.1) is 5.92 Å². The van der Waals surface area contributed by atoms with Gasteiger partial charge in [0.1, 0.15) is 0 Å². The summed E-state index contributed by atoms with van der Waals surface area (Å²) < 4.78 is 0. The average Bonchev–Trinajstić information content (AvgIpc) is 2.29. The Bertz CT molecular complexity index is 359. The van der Waals surface area contributed by atoms with Gasteiger partial charge in [-0.25, -0.2) is 0 Å². The number of hydrogen-bond acceptors (Lipinski definition) is 1. The molecule has 2 nitrogen and oxygen atoms in total. The minimum absolute atomic E-state index is 0.248. The maximum atomic E-state index is 10.7. The van der Waals surface area contributed by atoms with Crippen LogP contribution >= 0.6 is 11.6 Å². The molecule has 1 rings (SSSR count). The molecule has 0 radical (unpaired) electrons. The molecule has 0 aromatic heterocycles. The van der Waals surface area contributed by atoms with E-state index in [9.17, 15) is 4.79 Å². The van der Waals surface area contributed by atoms with Crippen LogP contribution in [0.4, 0.5) is 0 Å². The van der Waals surface area contributed by atoms with E-state index in [1.54, 1.807) is 6.92 Å². The molecule has 2 atom stereocenters. The molecular weight excluding hydrogens is 236 g/mol. The van der Waals surface area contributed by atoms with Gasteiger partial charge in [-0.1, -0.05) is 37.6 Å². The number of rotatable bonds is 6. The zero-order valence-corrected chi connectivity index (χ0v) is 11.1. The standard InChI is InChI=1S/C14H19ClO2/c1-10(3-4-11(2)14(16)17)9-12-5-7-13(15)8-6-12/h5-8,10-11H,3-4,9H2,1-2H3,(H,16,17). The van der Waals surface area contributed by atoms with Gasteiger partial charge in [-0.3, -0.25) is 4.79 Å². The first kappa shape index (κ1) is 14.0. The van der Waals surface area contributed by atoms with Crippen LogP contribution in [0.3, 0.4) is 0 Å². The van der Waals surface area contributed by atoms with Gasteiger partial charge in [-0.15, -0.1) is 0 Å². The second-order valence-corrected chi connectivity index (χ2v) is 5.19. The van der Waals surface area contributed by atoms with Gasteiger partial charge < -0.3 is 5.11 Å². The van der Waals surface area contributed by atoms with Crippen LogP contribution in [0.1, 0.15) is 32.3 Å². The van der Waals surface area contributed by atoms with E-state index in [1.165, 1.54) is 5.56 Å². The zero-order valence-electron chi connectivity index (χ0n) is 10.3. The maximum Gasteiger partial charge on any atom is 0.306 e. The van der Waals surface area contributed by atoms with E-state index in [0.717, 1.165) is 24.3 Å². The van der Waals surface area contributed by atoms with E-state index in [0.29, 0.717) is 5.92 Å². The van der Waals surface area contributed by atoms with Crippen molar-refractivity contribution in [1.82, 2.24) is 0 Å². The van der Waals surface area contributed by atoms with Crippen LogP contribution in [-0.4, -0.2) is 11.1 Å². The summed E-state index contributed by atoms with van der Waals surface area (Å²) in [6.07, 6.45) is 2.66. The summed E-state index contributed by atoms with van der Waals surface area (Å²) in [4.78, 5) is 10.7. The van der Waals surface area contributed by atoms with Crippen LogP contribution in [0.5, 0.6) is 0 Å². The monoisotopic (exact) mass is 254 g/mol. The van der Waals surface area contributed by atoms with E-state index < -0.39 is 5.97 Å². The molecule has 0 saturated carbocycles. The van der Waals surface area contributed by atoms with Crippen LogP contribution in [0.2, 0.25) is 5.02 Å². The lowest BCUT2D eigenvalue weighted by atomic mass is 9.93. The van der Waals surface area contributed by atoms with Crippen LogP contribution in [0.15, 0.2) is 24.3 Å². The third kappa shape index (κ3) is 5.22. The summed E-state index contributed by atoms with van der Waals surface area (Å²) >= 11 is 5.82. The Morgan fingerprint density at radius 1 is 1.24 bits per heavy atom. The number of hydrogen-bond donors (Lipinski definition) is 1. The van der Waals surface area contributed by atoms with Gasteiger partial charge in [0, 0.05) is 5.02 Å². The molecule has 0 saturated heterocycles. The van der Waals surface area contributed by atoms with E-state index in [4.69, 9.17) is 16.7 Å². The molecule has 1 N–H and O–H groups in total. The van der Waals surface area contributed by atoms with Gasteiger partial charge in [-0.05, 0) is 42.9 Å². The highest BCUT2D eigenvalue weighted by Crippen LogP contribution is 2.18. The number of carboxylic acids is 1. The predicted molar refractivity (Wildman–Crippen MR) is 70.4 cm³/mol. The molecule has 2 unspecified atom stereocenters. The number of halogens is 1. The molecule has 1 aromatic carbocycles. The lowest BCUT2D eigenvalue weighted by Gasteiger charge is -2.13. The van der Waals surface area contributed by atoms with Crippen LogP contribution in [0.25, 0.3) is 0 Å². The molecule has 0 aliphatic heterocycles. The first-order valence-electron chi connectivity index (χ1n) is 5.96. The van der Waals surface area contributed by atoms with E-state index in [1.807, 2.05) is 24.3 Å². The SMILES string of the molecule is CC(CCC(C)C(=O)O)Cc1ccc(Cl)cc1. The summed E-state index contributed by atoms with van der Waals surface area (Å²) in [5.74, 6) is -0.454. The third-order valence-corrected chi connectivity index (χ3v) is 3.26. The Morgan fingerprint density at radius 3 is 2.35 bits per heavy atom. The molecular formula is C14H19ClO2. The van der Waals surface area contributed by atoms with E-state index in [2.05, 4.69) is 6.92 Å². The number of benzene rings is 1. The number of carbonyl (C=O) groups is 1. The van der Waals surface area contributed by atoms with Crippen molar-refractivity contribution in [3.8, 4) is 0 Å². The normalized spacial score (nSPS) is 14.3. The fraction of sp³-hybridized carbons (Fsp3) is 0.500. The highest BCUT2D eigenvalue weighted by molar-refractivity contribution is 6.30. The molecule has 0 heterocycles. The quantitative estimate of drug-likeness (QED) is 0.833. The highest BCUT2D eigenvalue weighted by atomic mass is 35.5. The van der Waals surface area contributed by atoms with Crippen molar-refractivity contribution >= 4 is 17.6 Å². The Hall–Kier alpha value is -1.02. The van der Waals surface area contributed by atoms with E-state index in [-0.39, 0.29) is 5.92 Å². The Kier molecular flexibility index (Phi) is 5.49. The van der Waals surface area contributed by atoms with Crippen molar-refractivity contribution in [3.63, 3.8) is 0 Å². The summed E-state index contributed by atoms with van der Waals surface area (Å²) in [5, 5.41) is 9.55. The second kappa shape index (κ2) is 6.65. The molecule has 0 amide bonds. The van der Waals surface area contributed by atoms with E-state index >= 15 is 0 Å². The Morgan fingerprint density at radius 2 is 1.82 bits per heavy atom. The maximum absolute atomic E-state index is 10.7. The topological polar surface area (TPSA) is 37.3 Å². The van der Waals surface area contributed by atoms with Crippen LogP contribution < -0.4 is 0 Å². The molecule has 17 heavy (non-hydrogen) atoms. The molecule has 3 heteroatoms. The van der Waals surface area contributed by atoms with Gasteiger partial charge in [0.15, 0.2) is 0 Å². The molecule has 0 fully saturated rings. The summed E-state index contributed by atoms with van der Waals surface area (Å²) in [5.41, 5.74) is 1.25. The zero-order chi connectivity index (χ0) is 12.8. The lowest BCUT2D eigenvalue weighted by Crippen LogP contribution is -2.11. The van der Waals surface area contributed by atoms with Crippen molar-refractivity contribution in [3.05, 3.63) is 34.9 Å². The van der Waals surface area contributed by atoms with Crippen LogP contribution in [0, 0.1) is 11.8 Å². The summed E-state index contributed by atoms with van der Waals surface area (Å²) in [7, 11) is 0. The Labute approximate surface area is 108 Å². The van der Waals surface area contributed by atoms with Crippen LogP contribution in [-0.2, 0) is 11.2 Å². The van der Waals surface area contributed by atoms with Gasteiger partial charge >= 0.3 is 5.97 Å². The molecule has 0 bridgehead atoms. The van der Waals surface area contributed by atoms with Crippen molar-refractivity contribution in [1.29, 1.82) is 0 Å². The first-order valence-corrected chi connectivity index (χ1v) is 6.34. The van der Waals surface area contributed by atoms with Crippen molar-refractivity contribution in [2.24, 2.45) is 11.8 Å². The summed E-state index contributed by atoms with van der Waals surface area (Å²) in [6, 6.07) is 7.84. The molecule has 0 spiro atoms. The third-order valence-electron chi connectivity index (χ3n) is 3.01. The fourth-order valence-electron chi connectivity index (χ4n) is 1.78. The largest absolute Gasteiger partial charge is 0.481 e. The molecule has 94 valence electrons. The number of aliphatic carboxylic acids is 1. The van der Waals surface area contributed by atoms with Crippen molar-refractivity contribution in [2.75, 3.05) is 0 Å². The first-order chi connectivity index (χ1) is 7.99. The average molecular weight is 255 g/mol. The molecule has 1 aromatic rings. The van der Waals surface area contributed by atoms with Crippen molar-refractivity contribution < 1.29 is 9.90 Å². The predicted octanol–water partition coefficient (Wildman–Crippen LogP) is 4.02. The number of carboxylic acid groups (broad SMARTS) is 1. The Balaban J connectivity index is 2.36. The fourth-order valence-corrected chi connectivity index (χ4v) is 1.91. The van der Waals surface area contributed by atoms with Gasteiger partial charge in [-0.2, -0.15) is 0 Å². The molecule has 0 aliphatic carbocycles. The molecule has 0 aliphatic rings. The minimum atomic E-state index is -0.705. The smallest absolute Gasteiger partial charge is 0.306 e.